The molecule has 1 heterocycles. The molecule has 0 fully saturated rings. The highest BCUT2D eigenvalue weighted by Gasteiger charge is 2.20. The number of hydrogen-bond donors (Lipinski definition) is 2. The van der Waals surface area contributed by atoms with E-state index >= 15 is 0 Å². The minimum absolute atomic E-state index is 0.0791. The molecule has 2 N–H and O–H groups in total. The highest BCUT2D eigenvalue weighted by Crippen LogP contribution is 2.27. The minimum atomic E-state index is -0.661. The molecule has 30 heavy (non-hydrogen) atoms. The summed E-state index contributed by atoms with van der Waals surface area (Å²) < 4.78 is 5.57. The van der Waals surface area contributed by atoms with Gasteiger partial charge in [0.05, 0.1) is 17.8 Å². The van der Waals surface area contributed by atoms with E-state index in [0.29, 0.717) is 15.8 Å². The van der Waals surface area contributed by atoms with Gasteiger partial charge in [-0.2, -0.15) is 0 Å². The summed E-state index contributed by atoms with van der Waals surface area (Å²) in [5.74, 6) is -0.187. The van der Waals surface area contributed by atoms with E-state index in [9.17, 15) is 19.7 Å². The van der Waals surface area contributed by atoms with Crippen molar-refractivity contribution in [1.29, 1.82) is 0 Å². The number of thioether (sulfide) groups is 1. The van der Waals surface area contributed by atoms with Gasteiger partial charge in [-0.05, 0) is 18.2 Å². The first-order chi connectivity index (χ1) is 14.5. The molecule has 0 bridgehead atoms. The Morgan fingerprint density at radius 1 is 1.17 bits per heavy atom. The van der Waals surface area contributed by atoms with Crippen LogP contribution in [0.1, 0.15) is 10.4 Å². The van der Waals surface area contributed by atoms with Crippen molar-refractivity contribution in [2.75, 3.05) is 23.5 Å². The van der Waals surface area contributed by atoms with Crippen LogP contribution >= 0.6 is 23.1 Å². The molecule has 1 aromatic heterocycles. The number of amides is 2. The Balaban J connectivity index is 1.55. The van der Waals surface area contributed by atoms with Crippen LogP contribution in [0, 0.1) is 10.1 Å². The summed E-state index contributed by atoms with van der Waals surface area (Å²) in [5, 5.41) is 24.2. The summed E-state index contributed by atoms with van der Waals surface area (Å²) in [6.45, 7) is 0. The number of nitrogens with zero attached hydrogens (tertiary/aromatic N) is 3. The number of ether oxygens (including phenoxy) is 1. The number of nitro groups is 1. The number of aromatic nitrogens is 2. The van der Waals surface area contributed by atoms with Gasteiger partial charge in [-0.1, -0.05) is 41.3 Å². The monoisotopic (exact) mass is 445 g/mol. The van der Waals surface area contributed by atoms with Crippen LogP contribution < -0.4 is 15.4 Å². The standard InChI is InChI=1S/C18H15N5O5S2/c1-28-12-6-4-5-11(9-12)19-15(24)10-29-18-22-21-17(30-18)20-16(25)13-7-2-3-8-14(13)23(26)27/h2-9H,10H2,1H3,(H,19,24)(H,20,21,25). The third-order valence-electron chi connectivity index (χ3n) is 3.65. The van der Waals surface area contributed by atoms with Gasteiger partial charge in [-0.15, -0.1) is 10.2 Å². The molecule has 0 aliphatic carbocycles. The molecule has 3 aromatic rings. The second kappa shape index (κ2) is 9.80. The van der Waals surface area contributed by atoms with Gasteiger partial charge in [-0.25, -0.2) is 0 Å². The Kier molecular flexibility index (Phi) is 6.93. The number of para-hydroxylation sites is 1. The van der Waals surface area contributed by atoms with Gasteiger partial charge in [-0.3, -0.25) is 25.0 Å². The zero-order chi connectivity index (χ0) is 21.5. The lowest BCUT2D eigenvalue weighted by Gasteiger charge is -2.06. The largest absolute Gasteiger partial charge is 0.497 e. The second-order valence-electron chi connectivity index (χ2n) is 5.67. The van der Waals surface area contributed by atoms with E-state index in [-0.39, 0.29) is 28.0 Å². The molecular weight excluding hydrogens is 430 g/mol. The first-order valence-corrected chi connectivity index (χ1v) is 10.2. The van der Waals surface area contributed by atoms with Crippen molar-refractivity contribution in [2.45, 2.75) is 4.34 Å². The molecule has 0 aliphatic rings. The third-order valence-corrected chi connectivity index (χ3v) is 5.62. The van der Waals surface area contributed by atoms with Crippen molar-refractivity contribution in [3.63, 3.8) is 0 Å². The average Bonchev–Trinajstić information content (AvgIpc) is 3.19. The van der Waals surface area contributed by atoms with E-state index in [2.05, 4.69) is 20.8 Å². The number of carbonyl (C=O) groups excluding carboxylic acids is 2. The van der Waals surface area contributed by atoms with E-state index in [4.69, 9.17) is 4.74 Å². The normalized spacial score (nSPS) is 10.3. The molecule has 0 unspecified atom stereocenters. The van der Waals surface area contributed by atoms with E-state index in [1.165, 1.54) is 24.3 Å². The number of benzene rings is 2. The number of hydrogen-bond acceptors (Lipinski definition) is 9. The Morgan fingerprint density at radius 3 is 2.73 bits per heavy atom. The van der Waals surface area contributed by atoms with Crippen LogP contribution in [-0.2, 0) is 4.79 Å². The quantitative estimate of drug-likeness (QED) is 0.233. The zero-order valence-electron chi connectivity index (χ0n) is 15.5. The number of methoxy groups -OCH3 is 1. The summed E-state index contributed by atoms with van der Waals surface area (Å²) in [7, 11) is 1.54. The smallest absolute Gasteiger partial charge is 0.282 e. The minimum Gasteiger partial charge on any atom is -0.497 e. The number of nitrogens with one attached hydrogen (secondary N) is 2. The van der Waals surface area contributed by atoms with Gasteiger partial charge in [0.25, 0.3) is 11.6 Å². The molecule has 0 saturated heterocycles. The summed E-state index contributed by atoms with van der Waals surface area (Å²) >= 11 is 2.22. The van der Waals surface area contributed by atoms with Crippen molar-refractivity contribution in [1.82, 2.24) is 10.2 Å². The molecule has 12 heteroatoms. The number of nitro benzene ring substituents is 1. The lowest BCUT2D eigenvalue weighted by molar-refractivity contribution is -0.385. The lowest BCUT2D eigenvalue weighted by Crippen LogP contribution is -2.13. The highest BCUT2D eigenvalue weighted by molar-refractivity contribution is 8.01. The van der Waals surface area contributed by atoms with E-state index in [1.807, 2.05) is 0 Å². The molecule has 2 aromatic carbocycles. The van der Waals surface area contributed by atoms with Crippen LogP contribution in [0.2, 0.25) is 0 Å². The summed E-state index contributed by atoms with van der Waals surface area (Å²) in [6.07, 6.45) is 0. The Bertz CT molecular complexity index is 1090. The third kappa shape index (κ3) is 5.52. The number of carbonyl (C=O) groups is 2. The fourth-order valence-corrected chi connectivity index (χ4v) is 3.88. The van der Waals surface area contributed by atoms with Gasteiger partial charge in [0, 0.05) is 17.8 Å². The fourth-order valence-electron chi connectivity index (χ4n) is 2.33. The zero-order valence-corrected chi connectivity index (χ0v) is 17.2. The average molecular weight is 445 g/mol. The van der Waals surface area contributed by atoms with Gasteiger partial charge in [0.2, 0.25) is 11.0 Å². The molecule has 0 saturated carbocycles. The first-order valence-electron chi connectivity index (χ1n) is 8.41. The van der Waals surface area contributed by atoms with Crippen molar-refractivity contribution in [3.05, 3.63) is 64.2 Å². The van der Waals surface area contributed by atoms with E-state index in [1.54, 1.807) is 31.4 Å². The molecule has 0 spiro atoms. The van der Waals surface area contributed by atoms with Crippen LogP contribution in [-0.4, -0.2) is 39.8 Å². The molecule has 0 aliphatic heterocycles. The fraction of sp³-hybridized carbons (Fsp3) is 0.111. The summed E-state index contributed by atoms with van der Waals surface area (Å²) in [5.41, 5.74) is 0.225. The molecule has 10 nitrogen and oxygen atoms in total. The van der Waals surface area contributed by atoms with Crippen molar-refractivity contribution in [3.8, 4) is 5.75 Å². The van der Waals surface area contributed by atoms with Crippen LogP contribution in [0.15, 0.2) is 52.9 Å². The predicted molar refractivity (Wildman–Crippen MR) is 113 cm³/mol. The van der Waals surface area contributed by atoms with Gasteiger partial charge in [0.15, 0.2) is 4.34 Å². The maximum Gasteiger partial charge on any atom is 0.282 e. The van der Waals surface area contributed by atoms with Crippen molar-refractivity contribution in [2.24, 2.45) is 0 Å². The Labute approximate surface area is 178 Å². The molecular formula is C18H15N5O5S2. The highest BCUT2D eigenvalue weighted by atomic mass is 32.2. The van der Waals surface area contributed by atoms with Crippen LogP contribution in [0.5, 0.6) is 5.75 Å². The Hall–Kier alpha value is -3.51. The maximum atomic E-state index is 12.3. The van der Waals surface area contributed by atoms with E-state index in [0.717, 1.165) is 23.1 Å². The van der Waals surface area contributed by atoms with Gasteiger partial charge >= 0.3 is 0 Å². The van der Waals surface area contributed by atoms with Crippen LogP contribution in [0.25, 0.3) is 0 Å². The summed E-state index contributed by atoms with van der Waals surface area (Å²) in [4.78, 5) is 34.8. The molecule has 0 atom stereocenters. The van der Waals surface area contributed by atoms with Crippen LogP contribution in [0.4, 0.5) is 16.5 Å². The molecule has 3 rings (SSSR count). The van der Waals surface area contributed by atoms with Gasteiger partial charge in [0.1, 0.15) is 11.3 Å². The van der Waals surface area contributed by atoms with Crippen LogP contribution in [0.3, 0.4) is 0 Å². The number of anilines is 2. The summed E-state index contributed by atoms with van der Waals surface area (Å²) in [6, 6.07) is 12.6. The lowest BCUT2D eigenvalue weighted by atomic mass is 10.1. The van der Waals surface area contributed by atoms with E-state index < -0.39 is 10.8 Å². The maximum absolute atomic E-state index is 12.3. The topological polar surface area (TPSA) is 136 Å². The Morgan fingerprint density at radius 2 is 1.97 bits per heavy atom. The van der Waals surface area contributed by atoms with Gasteiger partial charge < -0.3 is 10.1 Å². The SMILES string of the molecule is COc1cccc(NC(=O)CSc2nnc(NC(=O)c3ccccc3[N+](=O)[O-])s2)c1. The predicted octanol–water partition coefficient (Wildman–Crippen LogP) is 3.44. The van der Waals surface area contributed by atoms with Crippen molar-refractivity contribution >= 4 is 51.4 Å². The number of rotatable bonds is 8. The van der Waals surface area contributed by atoms with Crippen molar-refractivity contribution < 1.29 is 19.2 Å². The molecule has 0 radical (unpaired) electrons. The molecule has 154 valence electrons. The first kappa shape index (κ1) is 21.2. The second-order valence-corrected chi connectivity index (χ2v) is 7.87. The molecule has 2 amide bonds.